The molecule has 0 aliphatic carbocycles. The van der Waals surface area contributed by atoms with E-state index in [1.165, 1.54) is 0 Å². The van der Waals surface area contributed by atoms with Crippen LogP contribution in [0.15, 0.2) is 72.5 Å². The summed E-state index contributed by atoms with van der Waals surface area (Å²) in [6.45, 7) is 9.08. The number of amides is 3. The largest absolute Gasteiger partial charge is 0.444 e. The summed E-state index contributed by atoms with van der Waals surface area (Å²) in [5, 5.41) is 14.7. The fraction of sp³-hybridized carbons (Fsp3) is 0.400. The van der Waals surface area contributed by atoms with E-state index in [9.17, 15) is 19.2 Å². The minimum absolute atomic E-state index is 0.168. The van der Waals surface area contributed by atoms with Crippen molar-refractivity contribution in [3.63, 3.8) is 0 Å². The normalized spacial score (nSPS) is 17.0. The molecule has 1 saturated heterocycles. The summed E-state index contributed by atoms with van der Waals surface area (Å²) >= 11 is 1.56. The van der Waals surface area contributed by atoms with Crippen molar-refractivity contribution in [3.05, 3.63) is 83.6 Å². The topological polar surface area (TPSA) is 143 Å². The van der Waals surface area contributed by atoms with Crippen LogP contribution in [0.25, 0.3) is 10.1 Å². The van der Waals surface area contributed by atoms with Crippen molar-refractivity contribution in [2.75, 3.05) is 11.9 Å². The first-order chi connectivity index (χ1) is 22.3. The van der Waals surface area contributed by atoms with E-state index in [1.54, 1.807) is 63.0 Å². The second-order valence-electron chi connectivity index (χ2n) is 13.4. The number of benzene rings is 2. The van der Waals surface area contributed by atoms with Gasteiger partial charge in [-0.05, 0) is 82.0 Å². The lowest BCUT2D eigenvalue weighted by Crippen LogP contribution is -2.59. The van der Waals surface area contributed by atoms with E-state index < -0.39 is 40.6 Å². The Labute approximate surface area is 278 Å². The Morgan fingerprint density at radius 3 is 2.49 bits per heavy atom. The summed E-state index contributed by atoms with van der Waals surface area (Å²) in [7, 11) is 0. The monoisotopic (exact) mass is 658 g/mol. The molecule has 2 unspecified atom stereocenters. The number of aromatic nitrogens is 2. The fourth-order valence-corrected chi connectivity index (χ4v) is 6.86. The number of aldehydes is 1. The Balaban J connectivity index is 1.41. The number of nitrogens with one attached hydrogen (secondary N) is 4. The van der Waals surface area contributed by atoms with Gasteiger partial charge < -0.3 is 35.4 Å². The fourth-order valence-electron chi connectivity index (χ4n) is 5.88. The van der Waals surface area contributed by atoms with E-state index in [2.05, 4.69) is 26.3 Å². The van der Waals surface area contributed by atoms with Crippen LogP contribution in [0.4, 0.5) is 10.6 Å². The van der Waals surface area contributed by atoms with Crippen LogP contribution in [0.5, 0.6) is 0 Å². The highest BCUT2D eigenvalue weighted by molar-refractivity contribution is 7.17. The highest BCUT2D eigenvalue weighted by Crippen LogP contribution is 2.33. The average molecular weight is 659 g/mol. The van der Waals surface area contributed by atoms with Crippen LogP contribution < -0.4 is 21.3 Å². The van der Waals surface area contributed by atoms with E-state index in [4.69, 9.17) is 4.74 Å². The molecule has 0 bridgehead atoms. The Bertz CT molecular complexity index is 1740. The summed E-state index contributed by atoms with van der Waals surface area (Å²) in [6, 6.07) is 16.2. The quantitative estimate of drug-likeness (QED) is 0.170. The van der Waals surface area contributed by atoms with Crippen LogP contribution in [0, 0.1) is 0 Å². The molecule has 4 aromatic rings. The van der Waals surface area contributed by atoms with E-state index in [-0.39, 0.29) is 18.3 Å². The lowest BCUT2D eigenvalue weighted by atomic mass is 9.82. The van der Waals surface area contributed by atoms with E-state index in [1.807, 2.05) is 60.0 Å². The molecular weight excluding hydrogens is 616 g/mol. The number of thiophene rings is 1. The number of imidazole rings is 1. The van der Waals surface area contributed by atoms with Crippen LogP contribution in [0.3, 0.4) is 0 Å². The van der Waals surface area contributed by atoms with Crippen molar-refractivity contribution >= 4 is 51.4 Å². The first kappa shape index (κ1) is 33.8. The van der Waals surface area contributed by atoms with Crippen LogP contribution >= 0.6 is 11.3 Å². The summed E-state index contributed by atoms with van der Waals surface area (Å²) < 4.78 is 8.15. The molecule has 0 saturated carbocycles. The molecule has 3 heterocycles. The van der Waals surface area contributed by atoms with Gasteiger partial charge in [0.1, 0.15) is 22.7 Å². The van der Waals surface area contributed by atoms with Crippen molar-refractivity contribution < 1.29 is 23.9 Å². The Morgan fingerprint density at radius 1 is 1.09 bits per heavy atom. The minimum atomic E-state index is -1.40. The number of hydrogen-bond donors (Lipinski definition) is 4. The molecule has 248 valence electrons. The number of hydrogen-bond acceptors (Lipinski definition) is 8. The van der Waals surface area contributed by atoms with Gasteiger partial charge in [0, 0.05) is 23.4 Å². The highest BCUT2D eigenvalue weighted by Gasteiger charge is 2.44. The van der Waals surface area contributed by atoms with Crippen molar-refractivity contribution in [1.82, 2.24) is 25.5 Å². The molecule has 3 atom stereocenters. The van der Waals surface area contributed by atoms with E-state index >= 15 is 0 Å². The minimum Gasteiger partial charge on any atom is -0.444 e. The maximum Gasteiger partial charge on any atom is 0.408 e. The molecule has 4 N–H and O–H groups in total. The van der Waals surface area contributed by atoms with Gasteiger partial charge in [0.25, 0.3) is 0 Å². The van der Waals surface area contributed by atoms with E-state index in [0.717, 1.165) is 46.9 Å². The third kappa shape index (κ3) is 7.55. The summed E-state index contributed by atoms with van der Waals surface area (Å²) in [4.78, 5) is 57.4. The van der Waals surface area contributed by atoms with Crippen LogP contribution in [0.2, 0.25) is 0 Å². The Morgan fingerprint density at radius 2 is 1.81 bits per heavy atom. The third-order valence-corrected chi connectivity index (χ3v) is 9.27. The lowest BCUT2D eigenvalue weighted by molar-refractivity contribution is -0.130. The molecule has 1 aliphatic heterocycles. The lowest BCUT2D eigenvalue weighted by Gasteiger charge is -2.36. The molecule has 11 nitrogen and oxygen atoms in total. The molecular formula is C35H42N6O5S. The van der Waals surface area contributed by atoms with Gasteiger partial charge in [0.15, 0.2) is 12.1 Å². The zero-order valence-electron chi connectivity index (χ0n) is 27.3. The van der Waals surface area contributed by atoms with Gasteiger partial charge in [-0.2, -0.15) is 0 Å². The molecule has 0 radical (unpaired) electrons. The highest BCUT2D eigenvalue weighted by atomic mass is 32.1. The van der Waals surface area contributed by atoms with Crippen molar-refractivity contribution in [1.29, 1.82) is 0 Å². The smallest absolute Gasteiger partial charge is 0.408 e. The second-order valence-corrected chi connectivity index (χ2v) is 14.3. The SMILES string of the molecule is CC(C)(C)OC(=O)NC(C)(C)C(=O)N[C@H](Cc1csc2ccccc12)C(=O)Nc1cn(C(C=O)(c2ccccc2)C2CCCN2)cn1. The third-order valence-electron chi connectivity index (χ3n) is 8.26. The van der Waals surface area contributed by atoms with Gasteiger partial charge >= 0.3 is 6.09 Å². The van der Waals surface area contributed by atoms with Crippen molar-refractivity contribution in [2.24, 2.45) is 0 Å². The van der Waals surface area contributed by atoms with Gasteiger partial charge in [-0.3, -0.25) is 9.59 Å². The summed E-state index contributed by atoms with van der Waals surface area (Å²) in [5.74, 6) is -0.831. The number of fused-ring (bicyclic) bond motifs is 1. The van der Waals surface area contributed by atoms with Crippen molar-refractivity contribution in [3.8, 4) is 0 Å². The maximum absolute atomic E-state index is 13.9. The first-order valence-corrected chi connectivity index (χ1v) is 16.6. The van der Waals surface area contributed by atoms with E-state index in [0.29, 0.717) is 0 Å². The van der Waals surface area contributed by atoms with Crippen LogP contribution in [-0.2, 0) is 31.1 Å². The molecule has 2 aromatic carbocycles. The number of nitrogens with zero attached hydrogens (tertiary/aromatic N) is 2. The first-order valence-electron chi connectivity index (χ1n) is 15.7. The van der Waals surface area contributed by atoms with Gasteiger partial charge in [-0.15, -0.1) is 11.3 Å². The summed E-state index contributed by atoms with van der Waals surface area (Å²) in [6.07, 6.45) is 5.30. The Kier molecular flexibility index (Phi) is 9.83. The molecule has 5 rings (SSSR count). The van der Waals surface area contributed by atoms with Crippen LogP contribution in [0.1, 0.15) is 58.6 Å². The molecule has 2 aromatic heterocycles. The molecule has 1 aliphatic rings. The summed E-state index contributed by atoms with van der Waals surface area (Å²) in [5.41, 5.74) is -1.52. The maximum atomic E-state index is 13.9. The standard InChI is InChI=1S/C35H42N6O5S/c1-33(2,3)46-32(45)40-34(4,5)31(44)38-26(18-23-20-47-27-15-10-9-14-25(23)27)30(43)39-29-19-41(22-37-29)35(21-42,28-16-11-17-36-28)24-12-7-6-8-13-24/h6-10,12-15,19-22,26,28,36H,11,16-18H2,1-5H3,(H,38,44)(H,39,43)(H,40,45)/t26-,28?,35?/m1/s1. The van der Waals surface area contributed by atoms with Gasteiger partial charge in [0.2, 0.25) is 11.8 Å². The van der Waals surface area contributed by atoms with Gasteiger partial charge in [-0.25, -0.2) is 9.78 Å². The molecule has 12 heteroatoms. The zero-order valence-corrected chi connectivity index (χ0v) is 28.1. The van der Waals surface area contributed by atoms with Crippen LogP contribution in [-0.4, -0.2) is 63.5 Å². The number of carbonyl (C=O) groups excluding carboxylic acids is 4. The molecule has 47 heavy (non-hydrogen) atoms. The van der Waals surface area contributed by atoms with Gasteiger partial charge in [0.05, 0.1) is 6.33 Å². The van der Waals surface area contributed by atoms with Gasteiger partial charge in [-0.1, -0.05) is 48.5 Å². The number of rotatable bonds is 11. The average Bonchev–Trinajstić information content (AvgIpc) is 3.80. The predicted octanol–water partition coefficient (Wildman–Crippen LogP) is 4.76. The number of ether oxygens (including phenoxy) is 1. The molecule has 3 amide bonds. The molecule has 0 spiro atoms. The zero-order chi connectivity index (χ0) is 33.8. The number of alkyl carbamates (subject to hydrolysis) is 1. The second kappa shape index (κ2) is 13.7. The predicted molar refractivity (Wildman–Crippen MR) is 182 cm³/mol. The van der Waals surface area contributed by atoms with Crippen molar-refractivity contribution in [2.45, 2.75) is 82.6 Å². The number of anilines is 1. The number of carbonyl (C=O) groups is 4. The Hall–Kier alpha value is -4.55. The molecule has 1 fully saturated rings.